The summed E-state index contributed by atoms with van der Waals surface area (Å²) in [6.07, 6.45) is 4.55. The summed E-state index contributed by atoms with van der Waals surface area (Å²) in [6.45, 7) is 0.470. The van der Waals surface area contributed by atoms with E-state index in [-0.39, 0.29) is 17.0 Å². The Morgan fingerprint density at radius 2 is 2.11 bits per heavy atom. The Bertz CT molecular complexity index is 494. The van der Waals surface area contributed by atoms with Gasteiger partial charge in [-0.1, -0.05) is 12.8 Å². The van der Waals surface area contributed by atoms with Crippen molar-refractivity contribution in [3.63, 3.8) is 0 Å². The number of nitrogens with zero attached hydrogens (tertiary/aromatic N) is 1. The number of ether oxygens (including phenoxy) is 1. The van der Waals surface area contributed by atoms with Crippen molar-refractivity contribution in [2.75, 3.05) is 6.61 Å². The maximum atomic E-state index is 11.1. The molecule has 1 N–H and O–H groups in total. The van der Waals surface area contributed by atoms with Crippen molar-refractivity contribution in [1.29, 1.82) is 0 Å². The lowest BCUT2D eigenvalue weighted by molar-refractivity contribution is -0.384. The van der Waals surface area contributed by atoms with E-state index in [1.54, 1.807) is 0 Å². The lowest BCUT2D eigenvalue weighted by Gasteiger charge is -2.12. The van der Waals surface area contributed by atoms with Crippen molar-refractivity contribution in [3.8, 4) is 5.75 Å². The fourth-order valence-corrected chi connectivity index (χ4v) is 2.31. The maximum Gasteiger partial charge on any atom is 0.339 e. The van der Waals surface area contributed by atoms with E-state index < -0.39 is 10.9 Å². The average Bonchev–Trinajstić information content (AvgIpc) is 2.89. The molecule has 0 aromatic heterocycles. The van der Waals surface area contributed by atoms with Crippen LogP contribution in [0.5, 0.6) is 5.75 Å². The minimum Gasteiger partial charge on any atom is -0.492 e. The molecule has 0 atom stereocenters. The highest BCUT2D eigenvalue weighted by molar-refractivity contribution is 5.91. The van der Waals surface area contributed by atoms with E-state index in [9.17, 15) is 14.9 Å². The van der Waals surface area contributed by atoms with Crippen LogP contribution in [0.1, 0.15) is 36.0 Å². The molecule has 1 aromatic rings. The van der Waals surface area contributed by atoms with Gasteiger partial charge in [-0.05, 0) is 24.8 Å². The predicted molar refractivity (Wildman–Crippen MR) is 67.5 cm³/mol. The maximum absolute atomic E-state index is 11.1. The number of hydrogen-bond acceptors (Lipinski definition) is 4. The van der Waals surface area contributed by atoms with Gasteiger partial charge in [0.1, 0.15) is 11.3 Å². The van der Waals surface area contributed by atoms with E-state index in [1.807, 2.05) is 0 Å². The summed E-state index contributed by atoms with van der Waals surface area (Å²) in [5.74, 6) is -0.563. The molecule has 0 unspecified atom stereocenters. The summed E-state index contributed by atoms with van der Waals surface area (Å²) in [5.41, 5.74) is -0.405. The number of nitro benzene ring substituents is 1. The Morgan fingerprint density at radius 3 is 2.68 bits per heavy atom. The van der Waals surface area contributed by atoms with Gasteiger partial charge >= 0.3 is 5.97 Å². The summed E-state index contributed by atoms with van der Waals surface area (Å²) in [6, 6.07) is 3.65. The van der Waals surface area contributed by atoms with Crippen molar-refractivity contribution in [2.24, 2.45) is 5.92 Å². The van der Waals surface area contributed by atoms with Crippen LogP contribution in [0.15, 0.2) is 18.2 Å². The minimum atomic E-state index is -1.22. The van der Waals surface area contributed by atoms with Gasteiger partial charge in [-0.2, -0.15) is 0 Å². The normalized spacial score (nSPS) is 15.4. The first-order valence-corrected chi connectivity index (χ1v) is 6.22. The number of carbonyl (C=O) groups is 1. The van der Waals surface area contributed by atoms with Gasteiger partial charge in [-0.25, -0.2) is 4.79 Å². The number of hydrogen-bond donors (Lipinski definition) is 1. The molecule has 0 saturated heterocycles. The fourth-order valence-electron chi connectivity index (χ4n) is 2.31. The first-order chi connectivity index (χ1) is 9.08. The van der Waals surface area contributed by atoms with Crippen LogP contribution in [0.2, 0.25) is 0 Å². The van der Waals surface area contributed by atoms with Crippen molar-refractivity contribution in [1.82, 2.24) is 0 Å². The zero-order chi connectivity index (χ0) is 13.8. The van der Waals surface area contributed by atoms with Gasteiger partial charge in [0.15, 0.2) is 0 Å². The van der Waals surface area contributed by atoms with Gasteiger partial charge in [-0.3, -0.25) is 10.1 Å². The van der Waals surface area contributed by atoms with E-state index in [1.165, 1.54) is 25.0 Å². The van der Waals surface area contributed by atoms with Crippen LogP contribution in [-0.2, 0) is 0 Å². The molecule has 1 aromatic carbocycles. The average molecular weight is 265 g/mol. The number of benzene rings is 1. The molecule has 1 aliphatic carbocycles. The van der Waals surface area contributed by atoms with Gasteiger partial charge in [0.2, 0.25) is 0 Å². The second-order valence-electron chi connectivity index (χ2n) is 4.70. The highest BCUT2D eigenvalue weighted by Crippen LogP contribution is 2.28. The van der Waals surface area contributed by atoms with Crippen molar-refractivity contribution in [2.45, 2.75) is 25.7 Å². The van der Waals surface area contributed by atoms with Crippen molar-refractivity contribution < 1.29 is 19.6 Å². The van der Waals surface area contributed by atoms with Crippen LogP contribution < -0.4 is 4.74 Å². The first kappa shape index (κ1) is 13.3. The van der Waals surface area contributed by atoms with Gasteiger partial charge in [0, 0.05) is 12.1 Å². The van der Waals surface area contributed by atoms with Crippen molar-refractivity contribution >= 4 is 11.7 Å². The smallest absolute Gasteiger partial charge is 0.339 e. The molecule has 6 heteroatoms. The Balaban J connectivity index is 2.14. The molecule has 2 rings (SSSR count). The molecule has 0 bridgehead atoms. The van der Waals surface area contributed by atoms with Gasteiger partial charge in [0.05, 0.1) is 11.5 Å². The quantitative estimate of drug-likeness (QED) is 0.653. The molecule has 1 aliphatic rings. The third kappa shape index (κ3) is 3.21. The number of nitro groups is 1. The molecular formula is C13H15NO5. The third-order valence-electron chi connectivity index (χ3n) is 3.35. The van der Waals surface area contributed by atoms with E-state index >= 15 is 0 Å². The van der Waals surface area contributed by atoms with Crippen LogP contribution >= 0.6 is 0 Å². The van der Waals surface area contributed by atoms with Crippen LogP contribution in [0.4, 0.5) is 5.69 Å². The number of non-ortho nitro benzene ring substituents is 1. The molecule has 19 heavy (non-hydrogen) atoms. The number of aromatic carboxylic acids is 1. The number of carboxylic acids is 1. The minimum absolute atomic E-state index is 0.160. The third-order valence-corrected chi connectivity index (χ3v) is 3.35. The Morgan fingerprint density at radius 1 is 1.42 bits per heavy atom. The highest BCUT2D eigenvalue weighted by Gasteiger charge is 2.20. The first-order valence-electron chi connectivity index (χ1n) is 6.22. The topological polar surface area (TPSA) is 89.7 Å². The second kappa shape index (κ2) is 5.69. The Labute approximate surface area is 110 Å². The van der Waals surface area contributed by atoms with E-state index in [2.05, 4.69) is 0 Å². The SMILES string of the molecule is O=C(O)c1cc([N+](=O)[O-])ccc1OCC1CCCC1. The van der Waals surface area contributed by atoms with Crippen LogP contribution in [0.25, 0.3) is 0 Å². The monoisotopic (exact) mass is 265 g/mol. The number of rotatable bonds is 5. The summed E-state index contributed by atoms with van der Waals surface area (Å²) in [7, 11) is 0. The summed E-state index contributed by atoms with van der Waals surface area (Å²) in [4.78, 5) is 21.1. The van der Waals surface area contributed by atoms with E-state index in [0.29, 0.717) is 12.5 Å². The van der Waals surface area contributed by atoms with Crippen LogP contribution in [0, 0.1) is 16.0 Å². The lowest BCUT2D eigenvalue weighted by atomic mass is 10.1. The summed E-state index contributed by atoms with van der Waals surface area (Å²) >= 11 is 0. The highest BCUT2D eigenvalue weighted by atomic mass is 16.6. The molecular weight excluding hydrogens is 250 g/mol. The van der Waals surface area contributed by atoms with Crippen LogP contribution in [0.3, 0.4) is 0 Å². The lowest BCUT2D eigenvalue weighted by Crippen LogP contribution is -2.11. The van der Waals surface area contributed by atoms with Crippen molar-refractivity contribution in [3.05, 3.63) is 33.9 Å². The van der Waals surface area contributed by atoms with Gasteiger partial charge in [0.25, 0.3) is 5.69 Å². The molecule has 0 aliphatic heterocycles. The molecule has 102 valence electrons. The van der Waals surface area contributed by atoms with E-state index in [0.717, 1.165) is 18.9 Å². The fraction of sp³-hybridized carbons (Fsp3) is 0.462. The molecule has 0 amide bonds. The van der Waals surface area contributed by atoms with Gasteiger partial charge in [-0.15, -0.1) is 0 Å². The molecule has 1 saturated carbocycles. The number of carboxylic acid groups (broad SMARTS) is 1. The molecule has 6 nitrogen and oxygen atoms in total. The summed E-state index contributed by atoms with van der Waals surface area (Å²) in [5, 5.41) is 19.7. The Hall–Kier alpha value is -2.11. The standard InChI is InChI=1S/C13H15NO5/c15-13(16)11-7-10(14(17)18)5-6-12(11)19-8-9-3-1-2-4-9/h5-7,9H,1-4,8H2,(H,15,16). The molecule has 1 fully saturated rings. The molecule has 0 spiro atoms. The van der Waals surface area contributed by atoms with Crippen LogP contribution in [-0.4, -0.2) is 22.6 Å². The second-order valence-corrected chi connectivity index (χ2v) is 4.70. The molecule has 0 radical (unpaired) electrons. The predicted octanol–water partition coefficient (Wildman–Crippen LogP) is 2.86. The van der Waals surface area contributed by atoms with Gasteiger partial charge < -0.3 is 9.84 Å². The zero-order valence-electron chi connectivity index (χ0n) is 10.4. The zero-order valence-corrected chi connectivity index (χ0v) is 10.4. The van der Waals surface area contributed by atoms with E-state index in [4.69, 9.17) is 9.84 Å². The largest absolute Gasteiger partial charge is 0.492 e. The summed E-state index contributed by atoms with van der Waals surface area (Å²) < 4.78 is 5.51. The molecule has 0 heterocycles. The Kier molecular flexibility index (Phi) is 3.99.